The van der Waals surface area contributed by atoms with E-state index in [2.05, 4.69) is 24.9 Å². The molecular formula is C17H16N2OS. The van der Waals surface area contributed by atoms with Crippen molar-refractivity contribution >= 4 is 11.3 Å². The molecule has 106 valence electrons. The van der Waals surface area contributed by atoms with Crippen LogP contribution in [0.3, 0.4) is 0 Å². The number of benzene rings is 1. The first-order valence-electron chi connectivity index (χ1n) is 6.80. The maximum absolute atomic E-state index is 12.2. The van der Waals surface area contributed by atoms with E-state index in [0.29, 0.717) is 11.4 Å². The van der Waals surface area contributed by atoms with Crippen molar-refractivity contribution in [2.45, 2.75) is 20.8 Å². The summed E-state index contributed by atoms with van der Waals surface area (Å²) in [6, 6.07) is 11.9. The Balaban J connectivity index is 2.24. The molecule has 0 bridgehead atoms. The van der Waals surface area contributed by atoms with Gasteiger partial charge in [-0.1, -0.05) is 30.3 Å². The average molecular weight is 296 g/mol. The molecule has 1 N–H and O–H groups in total. The maximum Gasteiger partial charge on any atom is 0.254 e. The topological polar surface area (TPSA) is 45.8 Å². The van der Waals surface area contributed by atoms with E-state index in [9.17, 15) is 4.79 Å². The van der Waals surface area contributed by atoms with Crippen LogP contribution in [0.25, 0.3) is 22.6 Å². The second-order valence-electron chi connectivity index (χ2n) is 5.08. The zero-order valence-electron chi connectivity index (χ0n) is 12.2. The van der Waals surface area contributed by atoms with Crippen molar-refractivity contribution in [1.29, 1.82) is 0 Å². The van der Waals surface area contributed by atoms with Gasteiger partial charge in [0.15, 0.2) is 0 Å². The minimum atomic E-state index is -0.0814. The molecule has 0 amide bonds. The molecule has 0 fully saturated rings. The summed E-state index contributed by atoms with van der Waals surface area (Å²) in [7, 11) is 0. The van der Waals surface area contributed by atoms with E-state index < -0.39 is 0 Å². The summed E-state index contributed by atoms with van der Waals surface area (Å²) in [5, 5.41) is 0. The lowest BCUT2D eigenvalue weighted by atomic mass is 10.1. The Bertz CT molecular complexity index is 847. The monoisotopic (exact) mass is 296 g/mol. The molecule has 3 rings (SSSR count). The molecule has 2 heterocycles. The van der Waals surface area contributed by atoms with Crippen LogP contribution in [-0.2, 0) is 0 Å². The van der Waals surface area contributed by atoms with Crippen molar-refractivity contribution in [1.82, 2.24) is 9.97 Å². The Hall–Kier alpha value is -2.20. The van der Waals surface area contributed by atoms with Crippen molar-refractivity contribution in [3.63, 3.8) is 0 Å². The van der Waals surface area contributed by atoms with Crippen LogP contribution >= 0.6 is 11.3 Å². The maximum atomic E-state index is 12.2. The van der Waals surface area contributed by atoms with Crippen LogP contribution in [0.15, 0.2) is 41.2 Å². The number of aromatic amines is 1. The Labute approximate surface area is 127 Å². The summed E-state index contributed by atoms with van der Waals surface area (Å²) in [5.74, 6) is 0.645. The van der Waals surface area contributed by atoms with Gasteiger partial charge in [-0.25, -0.2) is 4.98 Å². The van der Waals surface area contributed by atoms with Gasteiger partial charge in [0.25, 0.3) is 5.56 Å². The number of aromatic nitrogens is 2. The first kappa shape index (κ1) is 13.8. The molecule has 3 nitrogen and oxygen atoms in total. The fourth-order valence-electron chi connectivity index (χ4n) is 2.40. The van der Waals surface area contributed by atoms with Gasteiger partial charge in [-0.05, 0) is 26.8 Å². The van der Waals surface area contributed by atoms with Crippen molar-refractivity contribution in [3.05, 3.63) is 62.1 Å². The molecule has 0 aliphatic carbocycles. The van der Waals surface area contributed by atoms with Crippen LogP contribution in [0, 0.1) is 20.8 Å². The molecule has 0 spiro atoms. The van der Waals surface area contributed by atoms with Gasteiger partial charge in [0.1, 0.15) is 5.82 Å². The Kier molecular flexibility index (Phi) is 3.47. The van der Waals surface area contributed by atoms with E-state index in [4.69, 9.17) is 4.98 Å². The molecular weight excluding hydrogens is 280 g/mol. The van der Waals surface area contributed by atoms with Gasteiger partial charge in [-0.2, -0.15) is 0 Å². The second kappa shape index (κ2) is 5.30. The number of hydrogen-bond acceptors (Lipinski definition) is 3. The van der Waals surface area contributed by atoms with Gasteiger partial charge in [0.2, 0.25) is 0 Å². The zero-order chi connectivity index (χ0) is 15.0. The highest BCUT2D eigenvalue weighted by Crippen LogP contribution is 2.29. The van der Waals surface area contributed by atoms with Gasteiger partial charge >= 0.3 is 0 Å². The molecule has 1 aromatic carbocycles. The SMILES string of the molecule is Cc1cc(-c2nc(-c3ccccc3)c(C)c(=O)[nH]2)c(C)s1. The number of aryl methyl sites for hydroxylation is 2. The number of H-pyrrole nitrogens is 1. The molecule has 21 heavy (non-hydrogen) atoms. The van der Waals surface area contributed by atoms with Crippen molar-refractivity contribution in [2.24, 2.45) is 0 Å². The summed E-state index contributed by atoms with van der Waals surface area (Å²) in [5.41, 5.74) is 3.29. The van der Waals surface area contributed by atoms with Crippen LogP contribution < -0.4 is 5.56 Å². The van der Waals surface area contributed by atoms with E-state index in [1.807, 2.05) is 37.3 Å². The third-order valence-electron chi connectivity index (χ3n) is 3.49. The summed E-state index contributed by atoms with van der Waals surface area (Å²) < 4.78 is 0. The normalized spacial score (nSPS) is 10.8. The first-order chi connectivity index (χ1) is 10.1. The van der Waals surface area contributed by atoms with E-state index in [-0.39, 0.29) is 5.56 Å². The highest BCUT2D eigenvalue weighted by molar-refractivity contribution is 7.12. The van der Waals surface area contributed by atoms with Crippen molar-refractivity contribution in [3.8, 4) is 22.6 Å². The summed E-state index contributed by atoms with van der Waals surface area (Å²) in [4.78, 5) is 22.2. The van der Waals surface area contributed by atoms with Crippen molar-refractivity contribution < 1.29 is 0 Å². The van der Waals surface area contributed by atoms with E-state index in [1.54, 1.807) is 11.3 Å². The van der Waals surface area contributed by atoms with Crippen LogP contribution in [-0.4, -0.2) is 9.97 Å². The number of thiophene rings is 1. The van der Waals surface area contributed by atoms with Gasteiger partial charge in [-0.15, -0.1) is 11.3 Å². The van der Waals surface area contributed by atoms with Gasteiger partial charge in [0, 0.05) is 26.4 Å². The smallest absolute Gasteiger partial charge is 0.254 e. The number of nitrogens with one attached hydrogen (secondary N) is 1. The quantitative estimate of drug-likeness (QED) is 0.774. The molecule has 3 aromatic rings. The van der Waals surface area contributed by atoms with Crippen LogP contribution in [0.4, 0.5) is 0 Å². The molecule has 2 aromatic heterocycles. The lowest BCUT2D eigenvalue weighted by molar-refractivity contribution is 1.09. The average Bonchev–Trinajstić information content (AvgIpc) is 2.81. The third-order valence-corrected chi connectivity index (χ3v) is 4.46. The summed E-state index contributed by atoms with van der Waals surface area (Å²) in [6.07, 6.45) is 0. The predicted molar refractivity (Wildman–Crippen MR) is 87.8 cm³/mol. The van der Waals surface area contributed by atoms with Gasteiger partial charge in [0.05, 0.1) is 5.69 Å². The van der Waals surface area contributed by atoms with Crippen LogP contribution in [0.1, 0.15) is 15.3 Å². The zero-order valence-corrected chi connectivity index (χ0v) is 13.0. The fraction of sp³-hybridized carbons (Fsp3) is 0.176. The third kappa shape index (κ3) is 2.54. The van der Waals surface area contributed by atoms with Crippen molar-refractivity contribution in [2.75, 3.05) is 0 Å². The minimum absolute atomic E-state index is 0.0814. The van der Waals surface area contributed by atoms with E-state index >= 15 is 0 Å². The Morgan fingerprint density at radius 3 is 2.43 bits per heavy atom. The largest absolute Gasteiger partial charge is 0.306 e. The molecule has 0 atom stereocenters. The standard InChI is InChI=1S/C17H16N2OS/c1-10-9-14(12(3)21-10)16-18-15(11(2)17(20)19-16)13-7-5-4-6-8-13/h4-9H,1-3H3,(H,18,19,20). The molecule has 4 heteroatoms. The highest BCUT2D eigenvalue weighted by atomic mass is 32.1. The Morgan fingerprint density at radius 1 is 1.10 bits per heavy atom. The highest BCUT2D eigenvalue weighted by Gasteiger charge is 2.13. The van der Waals surface area contributed by atoms with Gasteiger partial charge in [-0.3, -0.25) is 4.79 Å². The molecule has 0 aliphatic rings. The first-order valence-corrected chi connectivity index (χ1v) is 7.61. The Morgan fingerprint density at radius 2 is 1.81 bits per heavy atom. The molecule has 0 unspecified atom stereocenters. The van der Waals surface area contributed by atoms with Crippen LogP contribution in [0.2, 0.25) is 0 Å². The summed E-state index contributed by atoms with van der Waals surface area (Å²) in [6.45, 7) is 5.92. The van der Waals surface area contributed by atoms with E-state index in [1.165, 1.54) is 9.75 Å². The summed E-state index contributed by atoms with van der Waals surface area (Å²) >= 11 is 1.71. The van der Waals surface area contributed by atoms with Gasteiger partial charge < -0.3 is 4.98 Å². The lowest BCUT2D eigenvalue weighted by Gasteiger charge is -2.07. The lowest BCUT2D eigenvalue weighted by Crippen LogP contribution is -2.14. The second-order valence-corrected chi connectivity index (χ2v) is 6.54. The molecule has 0 saturated carbocycles. The van der Waals surface area contributed by atoms with Crippen LogP contribution in [0.5, 0.6) is 0 Å². The number of hydrogen-bond donors (Lipinski definition) is 1. The molecule has 0 radical (unpaired) electrons. The minimum Gasteiger partial charge on any atom is -0.306 e. The molecule has 0 aliphatic heterocycles. The number of rotatable bonds is 2. The molecule has 0 saturated heterocycles. The fourth-order valence-corrected chi connectivity index (χ4v) is 3.33. The predicted octanol–water partition coefficient (Wildman–Crippen LogP) is 4.09. The number of nitrogens with zero attached hydrogens (tertiary/aromatic N) is 1. The van der Waals surface area contributed by atoms with E-state index in [0.717, 1.165) is 16.8 Å².